The highest BCUT2D eigenvalue weighted by Gasteiger charge is 2.32. The molecule has 1 aromatic rings. The fourth-order valence-corrected chi connectivity index (χ4v) is 3.96. The van der Waals surface area contributed by atoms with Crippen molar-refractivity contribution >= 4 is 14.5 Å². The van der Waals surface area contributed by atoms with E-state index < -0.39 is 15.1 Å². The minimum absolute atomic E-state index is 0.502. The molecule has 1 atom stereocenters. The van der Waals surface area contributed by atoms with Crippen molar-refractivity contribution in [1.29, 1.82) is 0 Å². The van der Waals surface area contributed by atoms with E-state index in [0.29, 0.717) is 19.8 Å². The summed E-state index contributed by atoms with van der Waals surface area (Å²) in [7, 11) is -1.41. The molecular weight excluding hydrogens is 296 g/mol. The van der Waals surface area contributed by atoms with Gasteiger partial charge in [-0.15, -0.1) is 0 Å². The van der Waals surface area contributed by atoms with Gasteiger partial charge in [0.05, 0.1) is 6.61 Å². The Bertz CT molecular complexity index is 474. The van der Waals surface area contributed by atoms with Gasteiger partial charge in [0.15, 0.2) is 0 Å². The zero-order valence-corrected chi connectivity index (χ0v) is 15.1. The Hall–Kier alpha value is -0.883. The second-order valence-electron chi connectivity index (χ2n) is 5.60. The van der Waals surface area contributed by atoms with Crippen molar-refractivity contribution in [3.8, 4) is 5.75 Å². The Kier molecular flexibility index (Phi) is 6.44. The van der Waals surface area contributed by atoms with E-state index in [1.807, 2.05) is 26.8 Å². The maximum absolute atomic E-state index is 6.08. The average Bonchev–Trinajstić information content (AvgIpc) is 2.52. The first-order valence-corrected chi connectivity index (χ1v) is 9.52. The predicted octanol–water partition coefficient (Wildman–Crippen LogP) is 3.27. The molecule has 0 amide bonds. The number of fused-ring (bicyclic) bond motifs is 1. The normalized spacial score (nSPS) is 20.8. The Labute approximate surface area is 135 Å². The molecule has 0 aliphatic carbocycles. The Balaban J connectivity index is 2.13. The van der Waals surface area contributed by atoms with Crippen LogP contribution in [0.25, 0.3) is 0 Å². The SMILES string of the molecule is CCCCC1(C)OCc2cc([Si](OCC)OCC)ccc2O1. The third-order valence-corrected chi connectivity index (χ3v) is 5.57. The maximum Gasteiger partial charge on any atom is 0.423 e. The molecule has 1 aliphatic rings. The molecule has 1 aromatic carbocycles. The number of hydrogen-bond donors (Lipinski definition) is 0. The first-order chi connectivity index (χ1) is 10.6. The van der Waals surface area contributed by atoms with Crippen molar-refractivity contribution in [2.24, 2.45) is 0 Å². The number of hydrogen-bond acceptors (Lipinski definition) is 4. The molecule has 1 heterocycles. The van der Waals surface area contributed by atoms with E-state index in [1.54, 1.807) is 0 Å². The molecule has 0 fully saturated rings. The highest BCUT2D eigenvalue weighted by atomic mass is 28.3. The van der Waals surface area contributed by atoms with Crippen LogP contribution in [0, 0.1) is 0 Å². The van der Waals surface area contributed by atoms with Crippen LogP contribution in [-0.2, 0) is 20.2 Å². The Morgan fingerprint density at radius 1 is 1.18 bits per heavy atom. The van der Waals surface area contributed by atoms with Gasteiger partial charge in [0, 0.05) is 32.1 Å². The summed E-state index contributed by atoms with van der Waals surface area (Å²) in [5.74, 6) is 0.418. The van der Waals surface area contributed by atoms with Crippen LogP contribution in [0.3, 0.4) is 0 Å². The molecule has 22 heavy (non-hydrogen) atoms. The maximum atomic E-state index is 6.08. The third kappa shape index (κ3) is 4.32. The molecule has 0 bridgehead atoms. The lowest BCUT2D eigenvalue weighted by Crippen LogP contribution is -2.41. The van der Waals surface area contributed by atoms with Crippen LogP contribution in [0.15, 0.2) is 18.2 Å². The summed E-state index contributed by atoms with van der Waals surface area (Å²) in [4.78, 5) is 0. The summed E-state index contributed by atoms with van der Waals surface area (Å²) in [6.45, 7) is 10.1. The number of unbranched alkanes of at least 4 members (excludes halogenated alkanes) is 1. The molecule has 5 heteroatoms. The van der Waals surface area contributed by atoms with Gasteiger partial charge in [0.1, 0.15) is 5.75 Å². The van der Waals surface area contributed by atoms with Crippen LogP contribution in [0.5, 0.6) is 5.75 Å². The van der Waals surface area contributed by atoms with Crippen molar-refractivity contribution in [3.63, 3.8) is 0 Å². The molecule has 0 aromatic heterocycles. The van der Waals surface area contributed by atoms with Crippen molar-refractivity contribution < 1.29 is 18.3 Å². The van der Waals surface area contributed by atoms with Gasteiger partial charge in [-0.1, -0.05) is 19.4 Å². The average molecular weight is 323 g/mol. The van der Waals surface area contributed by atoms with E-state index in [0.717, 1.165) is 35.8 Å². The Morgan fingerprint density at radius 2 is 1.91 bits per heavy atom. The van der Waals surface area contributed by atoms with Crippen molar-refractivity contribution in [2.45, 2.75) is 59.4 Å². The molecule has 0 N–H and O–H groups in total. The van der Waals surface area contributed by atoms with E-state index in [1.165, 1.54) is 0 Å². The second kappa shape index (κ2) is 8.11. The van der Waals surface area contributed by atoms with Crippen molar-refractivity contribution in [3.05, 3.63) is 23.8 Å². The summed E-state index contributed by atoms with van der Waals surface area (Å²) < 4.78 is 23.5. The molecule has 1 aliphatic heterocycles. The monoisotopic (exact) mass is 323 g/mol. The molecule has 4 nitrogen and oxygen atoms in total. The summed E-state index contributed by atoms with van der Waals surface area (Å²) in [5, 5.41) is 1.11. The van der Waals surface area contributed by atoms with Crippen molar-refractivity contribution in [1.82, 2.24) is 0 Å². The van der Waals surface area contributed by atoms with Crippen LogP contribution < -0.4 is 9.92 Å². The van der Waals surface area contributed by atoms with Crippen LogP contribution in [-0.4, -0.2) is 28.3 Å². The fraction of sp³-hybridized carbons (Fsp3) is 0.647. The summed E-state index contributed by atoms with van der Waals surface area (Å²) in [5.41, 5.74) is 1.08. The summed E-state index contributed by atoms with van der Waals surface area (Å²) in [6, 6.07) is 6.19. The Morgan fingerprint density at radius 3 is 2.55 bits per heavy atom. The van der Waals surface area contributed by atoms with Gasteiger partial charge in [-0.3, -0.25) is 0 Å². The minimum atomic E-state index is -1.41. The van der Waals surface area contributed by atoms with Gasteiger partial charge in [-0.05, 0) is 37.6 Å². The quantitative estimate of drug-likeness (QED) is 0.688. The van der Waals surface area contributed by atoms with Gasteiger partial charge in [-0.2, -0.15) is 0 Å². The molecule has 1 radical (unpaired) electrons. The molecular formula is C17H27O4Si. The van der Waals surface area contributed by atoms with Gasteiger partial charge in [-0.25, -0.2) is 0 Å². The van der Waals surface area contributed by atoms with E-state index >= 15 is 0 Å². The molecule has 0 saturated heterocycles. The van der Waals surface area contributed by atoms with E-state index in [-0.39, 0.29) is 0 Å². The zero-order chi connectivity index (χ0) is 16.0. The standard InChI is InChI=1S/C17H27O4Si/c1-5-8-11-17(4)18-13-14-12-15(9-10-16(14)21-17)22(19-6-2)20-7-3/h9-10,12H,5-8,11,13H2,1-4H3. The van der Waals surface area contributed by atoms with Gasteiger partial charge in [0.2, 0.25) is 5.79 Å². The van der Waals surface area contributed by atoms with E-state index in [9.17, 15) is 0 Å². The number of rotatable bonds is 8. The predicted molar refractivity (Wildman–Crippen MR) is 88.4 cm³/mol. The highest BCUT2D eigenvalue weighted by Crippen LogP contribution is 2.33. The number of ether oxygens (including phenoxy) is 2. The largest absolute Gasteiger partial charge is 0.462 e. The lowest BCUT2D eigenvalue weighted by Gasteiger charge is -2.36. The topological polar surface area (TPSA) is 36.9 Å². The molecule has 0 spiro atoms. The summed E-state index contributed by atoms with van der Waals surface area (Å²) in [6.07, 6.45) is 3.16. The van der Waals surface area contributed by atoms with Gasteiger partial charge < -0.3 is 18.3 Å². The molecule has 1 unspecified atom stereocenters. The fourth-order valence-electron chi connectivity index (χ4n) is 2.50. The molecule has 2 rings (SSSR count). The van der Waals surface area contributed by atoms with Crippen LogP contribution in [0.4, 0.5) is 0 Å². The lowest BCUT2D eigenvalue weighted by molar-refractivity contribution is -0.197. The first-order valence-electron chi connectivity index (χ1n) is 8.20. The van der Waals surface area contributed by atoms with E-state index in [4.69, 9.17) is 18.3 Å². The van der Waals surface area contributed by atoms with Crippen LogP contribution in [0.1, 0.15) is 52.5 Å². The summed E-state index contributed by atoms with van der Waals surface area (Å²) >= 11 is 0. The molecule has 123 valence electrons. The molecule has 0 saturated carbocycles. The first kappa shape index (κ1) is 17.5. The zero-order valence-electron chi connectivity index (χ0n) is 14.1. The van der Waals surface area contributed by atoms with Crippen molar-refractivity contribution in [2.75, 3.05) is 13.2 Å². The van der Waals surface area contributed by atoms with Crippen LogP contribution >= 0.6 is 0 Å². The minimum Gasteiger partial charge on any atom is -0.462 e. The lowest BCUT2D eigenvalue weighted by atomic mass is 10.1. The van der Waals surface area contributed by atoms with E-state index in [2.05, 4.69) is 19.1 Å². The van der Waals surface area contributed by atoms with Gasteiger partial charge in [0.25, 0.3) is 0 Å². The second-order valence-corrected chi connectivity index (χ2v) is 7.33. The smallest absolute Gasteiger partial charge is 0.423 e. The van der Waals surface area contributed by atoms with Gasteiger partial charge >= 0.3 is 9.28 Å². The number of benzene rings is 1. The highest BCUT2D eigenvalue weighted by molar-refractivity contribution is 6.61. The third-order valence-electron chi connectivity index (χ3n) is 3.69. The van der Waals surface area contributed by atoms with Crippen LogP contribution in [0.2, 0.25) is 0 Å².